The summed E-state index contributed by atoms with van der Waals surface area (Å²) in [4.78, 5) is 14.8. The molecule has 0 fully saturated rings. The molecule has 0 unspecified atom stereocenters. The zero-order chi connectivity index (χ0) is 11.5. The Hall–Kier alpha value is -1.40. The molecule has 7 heteroatoms. The molecule has 0 N–H and O–H groups in total. The number of aromatic nitrogens is 3. The van der Waals surface area contributed by atoms with Crippen LogP contribution < -0.4 is 4.74 Å². The molecule has 0 atom stereocenters. The van der Waals surface area contributed by atoms with E-state index in [1.54, 1.807) is 17.1 Å². The van der Waals surface area contributed by atoms with Crippen molar-refractivity contribution in [2.75, 3.05) is 0 Å². The summed E-state index contributed by atoms with van der Waals surface area (Å²) in [6.45, 7) is 2.74. The summed E-state index contributed by atoms with van der Waals surface area (Å²) in [5, 5.41) is 4.55. The smallest absolute Gasteiger partial charge is 0.280 e. The second kappa shape index (κ2) is 4.63. The molecule has 2 heterocycles. The number of hydrogen-bond acceptors (Lipinski definition) is 5. The first-order chi connectivity index (χ1) is 7.72. The normalized spacial score (nSPS) is 10.4. The largest absolute Gasteiger partial charge is 0.427 e. The minimum atomic E-state index is 0.165. The standard InChI is InChI=1S/C9H8ClN3O2S/c1-2-13-4-6(3-11-13)15-9-12-8(10)7(5-14)16-9/h3-5H,2H2,1H3. The van der Waals surface area contributed by atoms with E-state index in [0.29, 0.717) is 22.1 Å². The summed E-state index contributed by atoms with van der Waals surface area (Å²) in [5.74, 6) is 0.574. The van der Waals surface area contributed by atoms with Crippen LogP contribution in [0.5, 0.6) is 10.9 Å². The number of thiazole rings is 1. The molecular weight excluding hydrogens is 250 g/mol. The lowest BCUT2D eigenvalue weighted by molar-refractivity contribution is 0.112. The molecule has 2 rings (SSSR count). The van der Waals surface area contributed by atoms with Crippen molar-refractivity contribution in [1.29, 1.82) is 0 Å². The maximum atomic E-state index is 10.6. The number of nitrogens with zero attached hydrogens (tertiary/aromatic N) is 3. The molecule has 0 saturated carbocycles. The van der Waals surface area contributed by atoms with Crippen molar-refractivity contribution in [3.8, 4) is 10.9 Å². The summed E-state index contributed by atoms with van der Waals surface area (Å²) in [5.41, 5.74) is 0. The molecule has 0 saturated heterocycles. The summed E-state index contributed by atoms with van der Waals surface area (Å²) in [6, 6.07) is 0. The fourth-order valence-electron chi connectivity index (χ4n) is 1.08. The van der Waals surface area contributed by atoms with Gasteiger partial charge < -0.3 is 4.74 Å². The number of ether oxygens (including phenoxy) is 1. The molecule has 0 amide bonds. The van der Waals surface area contributed by atoms with E-state index in [1.165, 1.54) is 0 Å². The summed E-state index contributed by atoms with van der Waals surface area (Å²) >= 11 is 6.81. The molecule has 84 valence electrons. The Kier molecular flexibility index (Phi) is 3.21. The molecule has 2 aromatic heterocycles. The van der Waals surface area contributed by atoms with Crippen molar-refractivity contribution in [2.45, 2.75) is 13.5 Å². The van der Waals surface area contributed by atoms with Gasteiger partial charge in [0.1, 0.15) is 4.88 Å². The Labute approximate surface area is 101 Å². The average molecular weight is 258 g/mol. The van der Waals surface area contributed by atoms with Crippen molar-refractivity contribution in [1.82, 2.24) is 14.8 Å². The molecule has 2 aromatic rings. The molecule has 0 radical (unpaired) electrons. The van der Waals surface area contributed by atoms with Crippen molar-refractivity contribution >= 4 is 29.2 Å². The first-order valence-corrected chi connectivity index (χ1v) is 5.74. The van der Waals surface area contributed by atoms with Crippen LogP contribution >= 0.6 is 22.9 Å². The van der Waals surface area contributed by atoms with E-state index in [9.17, 15) is 4.79 Å². The number of carbonyl (C=O) groups excluding carboxylic acids is 1. The van der Waals surface area contributed by atoms with Crippen LogP contribution in [0.25, 0.3) is 0 Å². The lowest BCUT2D eigenvalue weighted by Gasteiger charge is -1.95. The topological polar surface area (TPSA) is 57.0 Å². The Morgan fingerprint density at radius 3 is 3.06 bits per heavy atom. The summed E-state index contributed by atoms with van der Waals surface area (Å²) in [6.07, 6.45) is 3.98. The van der Waals surface area contributed by atoms with Gasteiger partial charge in [0.05, 0.1) is 12.4 Å². The first kappa shape index (κ1) is 11.1. The second-order valence-corrected chi connectivity index (χ2v) is 4.24. The van der Waals surface area contributed by atoms with Gasteiger partial charge in [-0.2, -0.15) is 10.1 Å². The third-order valence-corrected chi connectivity index (χ3v) is 3.09. The molecule has 0 aliphatic heterocycles. The highest BCUT2D eigenvalue weighted by molar-refractivity contribution is 7.15. The third-order valence-electron chi connectivity index (χ3n) is 1.84. The van der Waals surface area contributed by atoms with Crippen molar-refractivity contribution in [3.63, 3.8) is 0 Å². The highest BCUT2D eigenvalue weighted by Gasteiger charge is 2.10. The van der Waals surface area contributed by atoms with Crippen LogP contribution in [0.15, 0.2) is 12.4 Å². The van der Waals surface area contributed by atoms with Crippen LogP contribution in [0.2, 0.25) is 5.15 Å². The van der Waals surface area contributed by atoms with E-state index in [1.807, 2.05) is 6.92 Å². The monoisotopic (exact) mass is 257 g/mol. The van der Waals surface area contributed by atoms with Gasteiger partial charge in [0, 0.05) is 6.54 Å². The Morgan fingerprint density at radius 2 is 2.50 bits per heavy atom. The second-order valence-electron chi connectivity index (χ2n) is 2.89. The fourth-order valence-corrected chi connectivity index (χ4v) is 2.01. The van der Waals surface area contributed by atoms with Crippen LogP contribution in [-0.2, 0) is 6.54 Å². The Bertz CT molecular complexity index is 509. The fraction of sp³-hybridized carbons (Fsp3) is 0.222. The zero-order valence-electron chi connectivity index (χ0n) is 8.38. The maximum Gasteiger partial charge on any atom is 0.280 e. The van der Waals surface area contributed by atoms with Gasteiger partial charge in [0.15, 0.2) is 17.2 Å². The third kappa shape index (κ3) is 2.23. The van der Waals surface area contributed by atoms with Gasteiger partial charge in [-0.25, -0.2) is 0 Å². The first-order valence-electron chi connectivity index (χ1n) is 4.54. The number of carbonyl (C=O) groups is 1. The van der Waals surface area contributed by atoms with Crippen molar-refractivity contribution in [2.24, 2.45) is 0 Å². The van der Waals surface area contributed by atoms with Gasteiger partial charge in [-0.05, 0) is 6.92 Å². The molecule has 0 aliphatic carbocycles. The molecule has 0 aliphatic rings. The molecule has 0 spiro atoms. The predicted molar refractivity (Wildman–Crippen MR) is 60.5 cm³/mol. The van der Waals surface area contributed by atoms with Gasteiger partial charge in [-0.15, -0.1) is 0 Å². The lowest BCUT2D eigenvalue weighted by Crippen LogP contribution is -1.92. The number of aldehydes is 1. The van der Waals surface area contributed by atoms with Gasteiger partial charge in [0.25, 0.3) is 5.19 Å². The lowest BCUT2D eigenvalue weighted by atomic mass is 10.6. The van der Waals surface area contributed by atoms with E-state index in [-0.39, 0.29) is 5.15 Å². The van der Waals surface area contributed by atoms with E-state index < -0.39 is 0 Å². The summed E-state index contributed by atoms with van der Waals surface area (Å²) in [7, 11) is 0. The van der Waals surface area contributed by atoms with Crippen LogP contribution in [0.1, 0.15) is 16.6 Å². The maximum absolute atomic E-state index is 10.6. The zero-order valence-corrected chi connectivity index (χ0v) is 9.96. The molecule has 16 heavy (non-hydrogen) atoms. The quantitative estimate of drug-likeness (QED) is 0.790. The highest BCUT2D eigenvalue weighted by atomic mass is 35.5. The van der Waals surface area contributed by atoms with Gasteiger partial charge in [-0.3, -0.25) is 9.48 Å². The summed E-state index contributed by atoms with van der Waals surface area (Å²) < 4.78 is 7.13. The number of rotatable bonds is 4. The van der Waals surface area contributed by atoms with Crippen LogP contribution in [0, 0.1) is 0 Å². The minimum Gasteiger partial charge on any atom is -0.427 e. The average Bonchev–Trinajstić information content (AvgIpc) is 2.85. The van der Waals surface area contributed by atoms with Crippen LogP contribution in [0.4, 0.5) is 0 Å². The van der Waals surface area contributed by atoms with E-state index in [2.05, 4.69) is 10.1 Å². The highest BCUT2D eigenvalue weighted by Crippen LogP contribution is 2.30. The van der Waals surface area contributed by atoms with Crippen molar-refractivity contribution < 1.29 is 9.53 Å². The van der Waals surface area contributed by atoms with Crippen molar-refractivity contribution in [3.05, 3.63) is 22.4 Å². The SMILES string of the molecule is CCn1cc(Oc2nc(Cl)c(C=O)s2)cn1. The van der Waals surface area contributed by atoms with E-state index in [0.717, 1.165) is 17.9 Å². The predicted octanol–water partition coefficient (Wildman–Crippen LogP) is 2.62. The molecule has 0 bridgehead atoms. The van der Waals surface area contributed by atoms with Crippen LogP contribution in [0.3, 0.4) is 0 Å². The van der Waals surface area contributed by atoms with E-state index >= 15 is 0 Å². The minimum absolute atomic E-state index is 0.165. The van der Waals surface area contributed by atoms with Gasteiger partial charge in [0.2, 0.25) is 0 Å². The van der Waals surface area contributed by atoms with Crippen LogP contribution in [-0.4, -0.2) is 21.1 Å². The van der Waals surface area contributed by atoms with Gasteiger partial charge in [-0.1, -0.05) is 22.9 Å². The Balaban J connectivity index is 2.16. The number of aryl methyl sites for hydroxylation is 1. The van der Waals surface area contributed by atoms with E-state index in [4.69, 9.17) is 16.3 Å². The Morgan fingerprint density at radius 1 is 1.69 bits per heavy atom. The molecule has 0 aromatic carbocycles. The number of halogens is 1. The molecule has 5 nitrogen and oxygen atoms in total. The van der Waals surface area contributed by atoms with Gasteiger partial charge >= 0.3 is 0 Å². The number of hydrogen-bond donors (Lipinski definition) is 0. The molecular formula is C9H8ClN3O2S.